The Bertz CT molecular complexity index is 955. The van der Waals surface area contributed by atoms with Gasteiger partial charge in [0.1, 0.15) is 12.4 Å². The fourth-order valence-corrected chi connectivity index (χ4v) is 2.94. The lowest BCUT2D eigenvalue weighted by atomic mass is 10.2. The molecule has 0 radical (unpaired) electrons. The highest BCUT2D eigenvalue weighted by Gasteiger charge is 2.10. The molecular formula is C23H26N4O3. The zero-order valence-electron chi connectivity index (χ0n) is 17.0. The fraction of sp³-hybridized carbons (Fsp3) is 0.261. The average molecular weight is 406 g/mol. The van der Waals surface area contributed by atoms with Crippen LogP contribution in [0.2, 0.25) is 0 Å². The molecule has 0 unspecified atom stereocenters. The summed E-state index contributed by atoms with van der Waals surface area (Å²) in [6.07, 6.45) is 0.308. The second kappa shape index (κ2) is 10.8. The molecule has 7 nitrogen and oxygen atoms in total. The predicted octanol–water partition coefficient (Wildman–Crippen LogP) is 3.88. The summed E-state index contributed by atoms with van der Waals surface area (Å²) in [5.74, 6) is 0.542. The van der Waals surface area contributed by atoms with Gasteiger partial charge in [-0.1, -0.05) is 60.7 Å². The first-order valence-corrected chi connectivity index (χ1v) is 9.93. The Hall–Kier alpha value is -3.61. The molecule has 0 saturated carbocycles. The molecule has 0 aliphatic carbocycles. The summed E-state index contributed by atoms with van der Waals surface area (Å²) in [5, 5.41) is 10.0. The molecule has 7 heteroatoms. The molecule has 0 fully saturated rings. The third kappa shape index (κ3) is 6.77. The van der Waals surface area contributed by atoms with Crippen molar-refractivity contribution in [2.75, 3.05) is 11.9 Å². The Balaban J connectivity index is 1.38. The molecule has 2 aromatic carbocycles. The largest absolute Gasteiger partial charge is 0.445 e. The van der Waals surface area contributed by atoms with Crippen molar-refractivity contribution in [2.45, 2.75) is 32.9 Å². The van der Waals surface area contributed by atoms with Crippen LogP contribution >= 0.6 is 0 Å². The van der Waals surface area contributed by atoms with E-state index in [9.17, 15) is 9.59 Å². The van der Waals surface area contributed by atoms with Crippen molar-refractivity contribution in [3.8, 4) is 0 Å². The topological polar surface area (TPSA) is 85.3 Å². The molecule has 3 aromatic rings. The maximum atomic E-state index is 12.3. The summed E-state index contributed by atoms with van der Waals surface area (Å²) in [6.45, 7) is 3.06. The number of nitrogens with one attached hydrogen (secondary N) is 2. The maximum Gasteiger partial charge on any atom is 0.407 e. The van der Waals surface area contributed by atoms with Gasteiger partial charge in [-0.25, -0.2) is 9.48 Å². The minimum Gasteiger partial charge on any atom is -0.445 e. The van der Waals surface area contributed by atoms with E-state index in [0.717, 1.165) is 16.8 Å². The molecule has 0 aliphatic rings. The van der Waals surface area contributed by atoms with Gasteiger partial charge < -0.3 is 15.4 Å². The number of aryl methyl sites for hydroxylation is 1. The Morgan fingerprint density at radius 3 is 2.37 bits per heavy atom. The molecule has 0 atom stereocenters. The highest BCUT2D eigenvalue weighted by atomic mass is 16.5. The number of alkyl carbamates (subject to hydrolysis) is 1. The smallest absolute Gasteiger partial charge is 0.407 e. The van der Waals surface area contributed by atoms with E-state index in [2.05, 4.69) is 15.7 Å². The van der Waals surface area contributed by atoms with Gasteiger partial charge in [-0.15, -0.1) is 0 Å². The van der Waals surface area contributed by atoms with Crippen molar-refractivity contribution >= 4 is 17.8 Å². The lowest BCUT2D eigenvalue weighted by molar-refractivity contribution is -0.116. The molecule has 0 spiro atoms. The fourth-order valence-electron chi connectivity index (χ4n) is 2.94. The number of amides is 2. The number of hydrogen-bond donors (Lipinski definition) is 2. The van der Waals surface area contributed by atoms with Gasteiger partial charge in [-0.3, -0.25) is 4.79 Å². The molecular weight excluding hydrogens is 380 g/mol. The summed E-state index contributed by atoms with van der Waals surface area (Å²) in [5.41, 5.74) is 2.87. The van der Waals surface area contributed by atoms with E-state index < -0.39 is 6.09 Å². The van der Waals surface area contributed by atoms with E-state index in [4.69, 9.17) is 4.74 Å². The number of carbonyl (C=O) groups is 2. The highest BCUT2D eigenvalue weighted by molar-refractivity contribution is 5.89. The van der Waals surface area contributed by atoms with Gasteiger partial charge in [-0.2, -0.15) is 5.10 Å². The number of aromatic nitrogens is 2. The molecule has 0 saturated heterocycles. The van der Waals surface area contributed by atoms with E-state index in [-0.39, 0.29) is 18.9 Å². The number of ether oxygens (including phenoxy) is 1. The molecule has 156 valence electrons. The van der Waals surface area contributed by atoms with Crippen molar-refractivity contribution < 1.29 is 14.3 Å². The lowest BCUT2D eigenvalue weighted by Gasteiger charge is -2.10. The molecule has 2 amide bonds. The lowest BCUT2D eigenvalue weighted by Crippen LogP contribution is -2.26. The average Bonchev–Trinajstić information content (AvgIpc) is 3.09. The number of anilines is 1. The SMILES string of the molecule is Cc1cc(NC(=O)CCCNC(=O)OCc2ccccc2)n(Cc2ccccc2)n1. The first kappa shape index (κ1) is 21.1. The van der Waals surface area contributed by atoms with Gasteiger partial charge >= 0.3 is 6.09 Å². The van der Waals surface area contributed by atoms with Gasteiger partial charge in [0.15, 0.2) is 0 Å². The summed E-state index contributed by atoms with van der Waals surface area (Å²) >= 11 is 0. The standard InChI is InChI=1S/C23H26N4O3/c1-18-15-21(27(26-18)16-19-9-4-2-5-10-19)25-22(28)13-8-14-24-23(29)30-17-20-11-6-3-7-12-20/h2-7,9-12,15H,8,13-14,16-17H2,1H3,(H,24,29)(H,25,28). The van der Waals surface area contributed by atoms with Gasteiger partial charge in [-0.05, 0) is 24.5 Å². The van der Waals surface area contributed by atoms with Crippen LogP contribution in [0.1, 0.15) is 29.7 Å². The molecule has 30 heavy (non-hydrogen) atoms. The molecule has 1 aromatic heterocycles. The number of nitrogens with zero attached hydrogens (tertiary/aromatic N) is 2. The van der Waals surface area contributed by atoms with E-state index in [1.807, 2.05) is 73.7 Å². The van der Waals surface area contributed by atoms with Gasteiger partial charge in [0.05, 0.1) is 12.2 Å². The molecule has 0 aliphatic heterocycles. The van der Waals surface area contributed by atoms with Crippen LogP contribution in [0, 0.1) is 6.92 Å². The first-order chi connectivity index (χ1) is 14.6. The van der Waals surface area contributed by atoms with Crippen molar-refractivity contribution in [1.82, 2.24) is 15.1 Å². The van der Waals surface area contributed by atoms with Crippen LogP contribution in [0.25, 0.3) is 0 Å². The van der Waals surface area contributed by atoms with E-state index >= 15 is 0 Å². The van der Waals surface area contributed by atoms with Crippen LogP contribution in [0.15, 0.2) is 66.7 Å². The number of benzene rings is 2. The van der Waals surface area contributed by atoms with Crippen LogP contribution in [0.4, 0.5) is 10.6 Å². The van der Waals surface area contributed by atoms with Gasteiger partial charge in [0.2, 0.25) is 5.91 Å². The van der Waals surface area contributed by atoms with E-state index in [1.54, 1.807) is 4.68 Å². The monoisotopic (exact) mass is 406 g/mol. The molecule has 3 rings (SSSR count). The zero-order valence-corrected chi connectivity index (χ0v) is 17.0. The number of rotatable bonds is 9. The van der Waals surface area contributed by atoms with Crippen LogP contribution in [-0.2, 0) is 22.7 Å². The van der Waals surface area contributed by atoms with Crippen molar-refractivity contribution in [3.05, 3.63) is 83.6 Å². The normalized spacial score (nSPS) is 10.4. The third-order valence-electron chi connectivity index (χ3n) is 4.41. The number of carbonyl (C=O) groups excluding carboxylic acids is 2. The third-order valence-corrected chi connectivity index (χ3v) is 4.41. The molecule has 1 heterocycles. The van der Waals surface area contributed by atoms with Gasteiger partial charge in [0.25, 0.3) is 0 Å². The quantitative estimate of drug-likeness (QED) is 0.528. The van der Waals surface area contributed by atoms with Gasteiger partial charge in [0, 0.05) is 19.0 Å². The van der Waals surface area contributed by atoms with Crippen LogP contribution < -0.4 is 10.6 Å². The van der Waals surface area contributed by atoms with Crippen LogP contribution in [0.3, 0.4) is 0 Å². The molecule has 2 N–H and O–H groups in total. The summed E-state index contributed by atoms with van der Waals surface area (Å²) < 4.78 is 6.92. The maximum absolute atomic E-state index is 12.3. The minimum absolute atomic E-state index is 0.122. The summed E-state index contributed by atoms with van der Waals surface area (Å²) in [7, 11) is 0. The second-order valence-electron chi connectivity index (χ2n) is 6.95. The first-order valence-electron chi connectivity index (χ1n) is 9.93. The van der Waals surface area contributed by atoms with E-state index in [1.165, 1.54) is 0 Å². The van der Waals surface area contributed by atoms with Crippen LogP contribution in [0.5, 0.6) is 0 Å². The predicted molar refractivity (Wildman–Crippen MR) is 115 cm³/mol. The minimum atomic E-state index is -0.490. The van der Waals surface area contributed by atoms with Crippen molar-refractivity contribution in [2.24, 2.45) is 0 Å². The molecule has 0 bridgehead atoms. The number of hydrogen-bond acceptors (Lipinski definition) is 4. The Morgan fingerprint density at radius 1 is 1.00 bits per heavy atom. The Kier molecular flexibility index (Phi) is 7.60. The Labute approximate surface area is 176 Å². The van der Waals surface area contributed by atoms with Crippen LogP contribution in [-0.4, -0.2) is 28.3 Å². The highest BCUT2D eigenvalue weighted by Crippen LogP contribution is 2.13. The zero-order chi connectivity index (χ0) is 21.2. The Morgan fingerprint density at radius 2 is 1.67 bits per heavy atom. The van der Waals surface area contributed by atoms with E-state index in [0.29, 0.717) is 25.3 Å². The summed E-state index contributed by atoms with van der Waals surface area (Å²) in [4.78, 5) is 24.0. The van der Waals surface area contributed by atoms with Crippen molar-refractivity contribution in [3.63, 3.8) is 0 Å². The summed E-state index contributed by atoms with van der Waals surface area (Å²) in [6, 6.07) is 21.3. The second-order valence-corrected chi connectivity index (χ2v) is 6.95. The van der Waals surface area contributed by atoms with Crippen molar-refractivity contribution in [1.29, 1.82) is 0 Å².